The van der Waals surface area contributed by atoms with E-state index in [1.165, 1.54) is 6.42 Å². The summed E-state index contributed by atoms with van der Waals surface area (Å²) in [7, 11) is 0. The maximum atomic E-state index is 5.78. The lowest BCUT2D eigenvalue weighted by molar-refractivity contribution is -0.180. The summed E-state index contributed by atoms with van der Waals surface area (Å²) >= 11 is 0. The Kier molecular flexibility index (Phi) is 7.09. The van der Waals surface area contributed by atoms with E-state index >= 15 is 0 Å². The van der Waals surface area contributed by atoms with E-state index in [-0.39, 0.29) is 6.29 Å². The second-order valence-corrected chi connectivity index (χ2v) is 5.86. The molecule has 3 heteroatoms. The molecule has 0 bridgehead atoms. The van der Waals surface area contributed by atoms with Gasteiger partial charge in [-0.25, -0.2) is 0 Å². The number of morpholine rings is 1. The third-order valence-corrected chi connectivity index (χ3v) is 2.97. The molecule has 1 rings (SSSR count). The van der Waals surface area contributed by atoms with Crippen LogP contribution >= 0.6 is 0 Å². The van der Waals surface area contributed by atoms with E-state index in [9.17, 15) is 0 Å². The standard InChI is InChI=1S/C14H29NO2/c1-12(2)6-5-8-16-14-11-15(7-9-17-14)10-13(3)4/h12-14H,5-11H2,1-4H3/t14-/m0/s1. The van der Waals surface area contributed by atoms with E-state index in [1.54, 1.807) is 0 Å². The Morgan fingerprint density at radius 2 is 2.00 bits per heavy atom. The molecule has 0 spiro atoms. The summed E-state index contributed by atoms with van der Waals surface area (Å²) in [4.78, 5) is 2.45. The largest absolute Gasteiger partial charge is 0.351 e. The Bertz CT molecular complexity index is 195. The van der Waals surface area contributed by atoms with Crippen molar-refractivity contribution in [3.05, 3.63) is 0 Å². The van der Waals surface area contributed by atoms with Crippen LogP contribution in [0, 0.1) is 11.8 Å². The first-order valence-electron chi connectivity index (χ1n) is 7.03. The van der Waals surface area contributed by atoms with Crippen molar-refractivity contribution >= 4 is 0 Å². The van der Waals surface area contributed by atoms with Gasteiger partial charge in [-0.1, -0.05) is 27.7 Å². The summed E-state index contributed by atoms with van der Waals surface area (Å²) in [5.41, 5.74) is 0. The Morgan fingerprint density at radius 1 is 1.24 bits per heavy atom. The van der Waals surface area contributed by atoms with Crippen molar-refractivity contribution in [1.82, 2.24) is 4.90 Å². The lowest BCUT2D eigenvalue weighted by Crippen LogP contribution is -2.45. The minimum Gasteiger partial charge on any atom is -0.351 e. The zero-order valence-electron chi connectivity index (χ0n) is 11.9. The number of hydrogen-bond donors (Lipinski definition) is 0. The lowest BCUT2D eigenvalue weighted by atomic mass is 10.1. The van der Waals surface area contributed by atoms with Gasteiger partial charge in [0.2, 0.25) is 0 Å². The molecule has 0 aromatic carbocycles. The first kappa shape index (κ1) is 14.9. The van der Waals surface area contributed by atoms with Gasteiger partial charge in [-0.2, -0.15) is 0 Å². The van der Waals surface area contributed by atoms with E-state index in [2.05, 4.69) is 32.6 Å². The molecule has 1 heterocycles. The Hall–Kier alpha value is -0.120. The molecule has 1 atom stereocenters. The van der Waals surface area contributed by atoms with Crippen LogP contribution < -0.4 is 0 Å². The van der Waals surface area contributed by atoms with Crippen molar-refractivity contribution in [3.8, 4) is 0 Å². The minimum absolute atomic E-state index is 0.00494. The highest BCUT2D eigenvalue weighted by Crippen LogP contribution is 2.10. The molecule has 0 aromatic heterocycles. The summed E-state index contributed by atoms with van der Waals surface area (Å²) in [6, 6.07) is 0. The van der Waals surface area contributed by atoms with Crippen LogP contribution in [0.5, 0.6) is 0 Å². The quantitative estimate of drug-likeness (QED) is 0.642. The maximum Gasteiger partial charge on any atom is 0.170 e. The molecule has 17 heavy (non-hydrogen) atoms. The molecule has 1 fully saturated rings. The van der Waals surface area contributed by atoms with Crippen LogP contribution in [0.2, 0.25) is 0 Å². The van der Waals surface area contributed by atoms with Crippen LogP contribution in [0.3, 0.4) is 0 Å². The van der Waals surface area contributed by atoms with Crippen LogP contribution in [0.1, 0.15) is 40.5 Å². The van der Waals surface area contributed by atoms with Crippen molar-refractivity contribution in [2.24, 2.45) is 11.8 Å². The van der Waals surface area contributed by atoms with Crippen LogP contribution in [0.15, 0.2) is 0 Å². The highest BCUT2D eigenvalue weighted by molar-refractivity contribution is 4.67. The molecule has 102 valence electrons. The summed E-state index contributed by atoms with van der Waals surface area (Å²) in [5.74, 6) is 1.48. The van der Waals surface area contributed by atoms with E-state index in [0.717, 1.165) is 51.1 Å². The van der Waals surface area contributed by atoms with Gasteiger partial charge in [0.05, 0.1) is 6.61 Å². The zero-order chi connectivity index (χ0) is 12.7. The normalized spacial score (nSPS) is 22.6. The molecule has 3 nitrogen and oxygen atoms in total. The molecule has 1 saturated heterocycles. The minimum atomic E-state index is -0.00494. The SMILES string of the molecule is CC(C)CCCO[C@@H]1CN(CC(C)C)CCO1. The van der Waals surface area contributed by atoms with Gasteiger partial charge in [0.15, 0.2) is 6.29 Å². The number of rotatable bonds is 7. The second-order valence-electron chi connectivity index (χ2n) is 5.86. The molecule has 0 saturated carbocycles. The van der Waals surface area contributed by atoms with Gasteiger partial charge in [0.25, 0.3) is 0 Å². The summed E-state index contributed by atoms with van der Waals surface area (Å²) in [6.07, 6.45) is 2.37. The molecule has 1 aliphatic heterocycles. The van der Waals surface area contributed by atoms with Gasteiger partial charge in [0, 0.05) is 26.2 Å². The van der Waals surface area contributed by atoms with Crippen molar-refractivity contribution in [1.29, 1.82) is 0 Å². The Labute approximate surface area is 106 Å². The summed E-state index contributed by atoms with van der Waals surface area (Å²) in [5, 5.41) is 0. The molecular weight excluding hydrogens is 214 g/mol. The molecule has 0 unspecified atom stereocenters. The van der Waals surface area contributed by atoms with Crippen LogP contribution in [-0.4, -0.2) is 44.0 Å². The summed E-state index contributed by atoms with van der Waals surface area (Å²) in [6.45, 7) is 13.8. The van der Waals surface area contributed by atoms with Crippen LogP contribution in [0.25, 0.3) is 0 Å². The third-order valence-electron chi connectivity index (χ3n) is 2.97. The van der Waals surface area contributed by atoms with Crippen molar-refractivity contribution < 1.29 is 9.47 Å². The Balaban J connectivity index is 2.12. The fraction of sp³-hybridized carbons (Fsp3) is 1.00. The highest BCUT2D eigenvalue weighted by Gasteiger charge is 2.20. The molecule has 0 radical (unpaired) electrons. The molecule has 0 aliphatic carbocycles. The van der Waals surface area contributed by atoms with Crippen LogP contribution in [-0.2, 0) is 9.47 Å². The van der Waals surface area contributed by atoms with E-state index in [1.807, 2.05) is 0 Å². The zero-order valence-corrected chi connectivity index (χ0v) is 11.9. The topological polar surface area (TPSA) is 21.7 Å². The predicted octanol–water partition coefficient (Wildman–Crippen LogP) is 2.75. The molecule has 0 N–H and O–H groups in total. The van der Waals surface area contributed by atoms with E-state index < -0.39 is 0 Å². The molecular formula is C14H29NO2. The van der Waals surface area contributed by atoms with Gasteiger partial charge >= 0.3 is 0 Å². The highest BCUT2D eigenvalue weighted by atomic mass is 16.7. The fourth-order valence-electron chi connectivity index (χ4n) is 2.16. The number of ether oxygens (including phenoxy) is 2. The van der Waals surface area contributed by atoms with Gasteiger partial charge in [-0.05, 0) is 24.7 Å². The lowest BCUT2D eigenvalue weighted by Gasteiger charge is -2.33. The van der Waals surface area contributed by atoms with Crippen molar-refractivity contribution in [3.63, 3.8) is 0 Å². The number of nitrogens with zero attached hydrogens (tertiary/aromatic N) is 1. The van der Waals surface area contributed by atoms with Gasteiger partial charge < -0.3 is 9.47 Å². The maximum absolute atomic E-state index is 5.78. The van der Waals surface area contributed by atoms with Gasteiger partial charge in [0.1, 0.15) is 0 Å². The van der Waals surface area contributed by atoms with E-state index in [0.29, 0.717) is 0 Å². The average molecular weight is 243 g/mol. The van der Waals surface area contributed by atoms with Crippen LogP contribution in [0.4, 0.5) is 0 Å². The smallest absolute Gasteiger partial charge is 0.170 e. The summed E-state index contributed by atoms with van der Waals surface area (Å²) < 4.78 is 11.4. The van der Waals surface area contributed by atoms with Crippen molar-refractivity contribution in [2.75, 3.05) is 32.8 Å². The molecule has 1 aliphatic rings. The predicted molar refractivity (Wildman–Crippen MR) is 71.0 cm³/mol. The first-order valence-corrected chi connectivity index (χ1v) is 7.03. The molecule has 0 aromatic rings. The fourth-order valence-corrected chi connectivity index (χ4v) is 2.16. The third kappa shape index (κ3) is 7.02. The molecule has 0 amide bonds. The van der Waals surface area contributed by atoms with E-state index in [4.69, 9.17) is 9.47 Å². The number of hydrogen-bond acceptors (Lipinski definition) is 3. The monoisotopic (exact) mass is 243 g/mol. The van der Waals surface area contributed by atoms with Gasteiger partial charge in [-0.3, -0.25) is 4.90 Å². The average Bonchev–Trinajstić information content (AvgIpc) is 2.24. The second kappa shape index (κ2) is 8.06. The first-order chi connectivity index (χ1) is 8.08. The Morgan fingerprint density at radius 3 is 2.65 bits per heavy atom. The van der Waals surface area contributed by atoms with Gasteiger partial charge in [-0.15, -0.1) is 0 Å². The van der Waals surface area contributed by atoms with Crippen molar-refractivity contribution in [2.45, 2.75) is 46.8 Å².